The molecule has 0 saturated carbocycles. The molecule has 2 aliphatic rings. The van der Waals surface area contributed by atoms with Crippen LogP contribution in [0.1, 0.15) is 12.0 Å². The monoisotopic (exact) mass is 293 g/mol. The predicted molar refractivity (Wildman–Crippen MR) is 79.6 cm³/mol. The summed E-state index contributed by atoms with van der Waals surface area (Å²) in [6.45, 7) is 6.11. The number of aryl methyl sites for hydroxylation is 1. The molecule has 21 heavy (non-hydrogen) atoms. The van der Waals surface area contributed by atoms with E-state index in [9.17, 15) is 0 Å². The average molecular weight is 293 g/mol. The fourth-order valence-electron chi connectivity index (χ4n) is 2.80. The lowest BCUT2D eigenvalue weighted by Gasteiger charge is -2.26. The van der Waals surface area contributed by atoms with Crippen molar-refractivity contribution in [2.24, 2.45) is 0 Å². The first kappa shape index (κ1) is 14.5. The zero-order valence-corrected chi connectivity index (χ0v) is 12.6. The minimum Gasteiger partial charge on any atom is -0.493 e. The Morgan fingerprint density at radius 3 is 2.71 bits per heavy atom. The summed E-state index contributed by atoms with van der Waals surface area (Å²) < 4.78 is 22.1. The number of hydrogen-bond acceptors (Lipinski definition) is 5. The van der Waals surface area contributed by atoms with Gasteiger partial charge in [0.05, 0.1) is 20.3 Å². The molecule has 0 spiro atoms. The Kier molecular flexibility index (Phi) is 4.83. The maximum absolute atomic E-state index is 5.67. The zero-order chi connectivity index (χ0) is 14.5. The largest absolute Gasteiger partial charge is 0.493 e. The van der Waals surface area contributed by atoms with Crippen molar-refractivity contribution in [3.63, 3.8) is 0 Å². The van der Waals surface area contributed by atoms with E-state index in [2.05, 4.69) is 17.0 Å². The van der Waals surface area contributed by atoms with Crippen LogP contribution < -0.4 is 14.2 Å². The number of benzene rings is 1. The highest BCUT2D eigenvalue weighted by atomic mass is 16.6. The van der Waals surface area contributed by atoms with Gasteiger partial charge in [0.15, 0.2) is 11.5 Å². The van der Waals surface area contributed by atoms with Crippen molar-refractivity contribution in [2.75, 3.05) is 53.2 Å². The van der Waals surface area contributed by atoms with Gasteiger partial charge in [-0.1, -0.05) is 0 Å². The van der Waals surface area contributed by atoms with Crippen molar-refractivity contribution in [3.8, 4) is 17.2 Å². The Labute approximate surface area is 125 Å². The summed E-state index contributed by atoms with van der Waals surface area (Å²) >= 11 is 0. The van der Waals surface area contributed by atoms with Crippen LogP contribution in [0, 0.1) is 0 Å². The molecule has 0 atom stereocenters. The fraction of sp³-hybridized carbons (Fsp3) is 0.625. The molecule has 5 heteroatoms. The highest BCUT2D eigenvalue weighted by molar-refractivity contribution is 5.54. The molecular formula is C16H23NO4. The molecule has 116 valence electrons. The Hall–Kier alpha value is -1.46. The first-order valence-electron chi connectivity index (χ1n) is 7.63. The van der Waals surface area contributed by atoms with E-state index in [4.69, 9.17) is 18.9 Å². The Balaban J connectivity index is 1.59. The van der Waals surface area contributed by atoms with Crippen molar-refractivity contribution in [2.45, 2.75) is 12.8 Å². The summed E-state index contributed by atoms with van der Waals surface area (Å²) in [5.74, 6) is 2.32. The maximum Gasteiger partial charge on any atom is 0.203 e. The second-order valence-electron chi connectivity index (χ2n) is 5.38. The number of fused-ring (bicyclic) bond motifs is 1. The molecule has 5 nitrogen and oxygen atoms in total. The van der Waals surface area contributed by atoms with Crippen molar-refractivity contribution in [1.82, 2.24) is 4.90 Å². The second kappa shape index (κ2) is 7.00. The van der Waals surface area contributed by atoms with Gasteiger partial charge < -0.3 is 18.9 Å². The van der Waals surface area contributed by atoms with Crippen LogP contribution in [-0.4, -0.2) is 58.1 Å². The van der Waals surface area contributed by atoms with Gasteiger partial charge in [-0.05, 0) is 37.1 Å². The molecule has 0 unspecified atom stereocenters. The molecule has 0 bridgehead atoms. The summed E-state index contributed by atoms with van der Waals surface area (Å²) in [5.41, 5.74) is 1.24. The van der Waals surface area contributed by atoms with E-state index in [1.54, 1.807) is 7.11 Å². The lowest BCUT2D eigenvalue weighted by molar-refractivity contribution is 0.0374. The molecule has 1 saturated heterocycles. The molecule has 0 amide bonds. The van der Waals surface area contributed by atoms with Gasteiger partial charge in [-0.15, -0.1) is 0 Å². The number of methoxy groups -OCH3 is 1. The van der Waals surface area contributed by atoms with Gasteiger partial charge in [0, 0.05) is 13.1 Å². The van der Waals surface area contributed by atoms with Crippen LogP contribution in [0.15, 0.2) is 12.1 Å². The molecule has 2 heterocycles. The van der Waals surface area contributed by atoms with Gasteiger partial charge in [-0.2, -0.15) is 0 Å². The summed E-state index contributed by atoms with van der Waals surface area (Å²) in [5, 5.41) is 0. The minimum absolute atomic E-state index is 0.583. The van der Waals surface area contributed by atoms with E-state index >= 15 is 0 Å². The van der Waals surface area contributed by atoms with Gasteiger partial charge in [0.25, 0.3) is 0 Å². The molecular weight excluding hydrogens is 270 g/mol. The topological polar surface area (TPSA) is 40.2 Å². The van der Waals surface area contributed by atoms with Crippen LogP contribution in [0.25, 0.3) is 0 Å². The van der Waals surface area contributed by atoms with Crippen LogP contribution in [0.5, 0.6) is 17.2 Å². The van der Waals surface area contributed by atoms with Gasteiger partial charge in [0.2, 0.25) is 5.75 Å². The summed E-state index contributed by atoms with van der Waals surface area (Å²) in [4.78, 5) is 2.46. The number of ether oxygens (including phenoxy) is 4. The summed E-state index contributed by atoms with van der Waals surface area (Å²) in [6, 6.07) is 4.14. The number of rotatable bonds is 5. The normalized spacial score (nSPS) is 18.5. The minimum atomic E-state index is 0.583. The van der Waals surface area contributed by atoms with Crippen molar-refractivity contribution in [1.29, 1.82) is 0 Å². The highest BCUT2D eigenvalue weighted by Crippen LogP contribution is 2.40. The van der Waals surface area contributed by atoms with Gasteiger partial charge in [0.1, 0.15) is 13.2 Å². The molecule has 0 radical (unpaired) electrons. The summed E-state index contributed by atoms with van der Waals surface area (Å²) in [7, 11) is 1.67. The van der Waals surface area contributed by atoms with Crippen LogP contribution in [0.4, 0.5) is 0 Å². The highest BCUT2D eigenvalue weighted by Gasteiger charge is 2.18. The molecule has 3 rings (SSSR count). The predicted octanol–water partition coefficient (Wildman–Crippen LogP) is 1.73. The molecule has 1 aromatic rings. The lowest BCUT2D eigenvalue weighted by atomic mass is 10.1. The summed E-state index contributed by atoms with van der Waals surface area (Å²) in [6.07, 6.45) is 2.15. The number of hydrogen-bond donors (Lipinski definition) is 0. The number of morpholine rings is 1. The third-order valence-electron chi connectivity index (χ3n) is 3.93. The van der Waals surface area contributed by atoms with Crippen molar-refractivity contribution in [3.05, 3.63) is 17.7 Å². The standard InChI is InChI=1S/C16H23NO4/c1-18-14-11-13(12-15-16(14)21-10-9-20-15)3-2-4-17-5-7-19-8-6-17/h11-12H,2-10H2,1H3. The Morgan fingerprint density at radius 2 is 1.90 bits per heavy atom. The fourth-order valence-corrected chi connectivity index (χ4v) is 2.80. The van der Waals surface area contributed by atoms with E-state index in [0.717, 1.165) is 62.9 Å². The van der Waals surface area contributed by atoms with Crippen molar-refractivity contribution >= 4 is 0 Å². The zero-order valence-electron chi connectivity index (χ0n) is 12.6. The van der Waals surface area contributed by atoms with Crippen LogP contribution in [0.2, 0.25) is 0 Å². The van der Waals surface area contributed by atoms with Crippen LogP contribution in [-0.2, 0) is 11.2 Å². The lowest BCUT2D eigenvalue weighted by Crippen LogP contribution is -2.36. The maximum atomic E-state index is 5.67. The first-order valence-corrected chi connectivity index (χ1v) is 7.63. The van der Waals surface area contributed by atoms with Gasteiger partial charge in [-0.25, -0.2) is 0 Å². The van der Waals surface area contributed by atoms with E-state index < -0.39 is 0 Å². The number of nitrogens with zero attached hydrogens (tertiary/aromatic N) is 1. The average Bonchev–Trinajstić information content (AvgIpc) is 2.55. The molecule has 0 N–H and O–H groups in total. The van der Waals surface area contributed by atoms with Crippen molar-refractivity contribution < 1.29 is 18.9 Å². The molecule has 0 aromatic heterocycles. The Bertz CT molecular complexity index is 454. The molecule has 1 aromatic carbocycles. The van der Waals surface area contributed by atoms with E-state index in [-0.39, 0.29) is 0 Å². The molecule has 0 aliphatic carbocycles. The Morgan fingerprint density at radius 1 is 1.10 bits per heavy atom. The SMILES string of the molecule is COc1cc(CCCN2CCOCC2)cc2c1OCCO2. The van der Waals surface area contributed by atoms with Gasteiger partial charge in [-0.3, -0.25) is 4.90 Å². The molecule has 1 fully saturated rings. The van der Waals surface area contributed by atoms with E-state index in [0.29, 0.717) is 13.2 Å². The quantitative estimate of drug-likeness (QED) is 0.827. The van der Waals surface area contributed by atoms with Gasteiger partial charge >= 0.3 is 0 Å². The third kappa shape index (κ3) is 3.60. The second-order valence-corrected chi connectivity index (χ2v) is 5.38. The third-order valence-corrected chi connectivity index (χ3v) is 3.93. The van der Waals surface area contributed by atoms with Crippen LogP contribution >= 0.6 is 0 Å². The smallest absolute Gasteiger partial charge is 0.203 e. The molecule has 2 aliphatic heterocycles. The van der Waals surface area contributed by atoms with E-state index in [1.165, 1.54) is 5.56 Å². The first-order chi connectivity index (χ1) is 10.4. The van der Waals surface area contributed by atoms with Crippen LogP contribution in [0.3, 0.4) is 0 Å². The van der Waals surface area contributed by atoms with E-state index in [1.807, 2.05) is 0 Å².